The van der Waals surface area contributed by atoms with Gasteiger partial charge in [0.2, 0.25) is 0 Å². The SMILES string of the molecule is C=CCC(F)/C=C/C1CC1NCC(O)N(C)CCCC. The number of halogens is 1. The van der Waals surface area contributed by atoms with E-state index >= 15 is 0 Å². The Hall–Kier alpha value is -0.710. The smallest absolute Gasteiger partial charge is 0.122 e. The molecule has 0 aromatic heterocycles. The maximum absolute atomic E-state index is 13.2. The molecule has 1 fully saturated rings. The first kappa shape index (κ1) is 17.3. The van der Waals surface area contributed by atoms with Crippen LogP contribution in [0, 0.1) is 5.92 Å². The summed E-state index contributed by atoms with van der Waals surface area (Å²) < 4.78 is 13.2. The Morgan fingerprint density at radius 1 is 1.55 bits per heavy atom. The number of likely N-dealkylation sites (N-methyl/N-ethyl adjacent to an activating group) is 1. The van der Waals surface area contributed by atoms with Crippen LogP contribution in [-0.2, 0) is 0 Å². The van der Waals surface area contributed by atoms with Gasteiger partial charge in [-0.15, -0.1) is 6.58 Å². The fourth-order valence-corrected chi connectivity index (χ4v) is 2.13. The Kier molecular flexibility index (Phi) is 8.04. The number of rotatable bonds is 11. The van der Waals surface area contributed by atoms with Crippen LogP contribution in [-0.4, -0.2) is 48.6 Å². The van der Waals surface area contributed by atoms with Crippen LogP contribution in [0.5, 0.6) is 0 Å². The topological polar surface area (TPSA) is 35.5 Å². The summed E-state index contributed by atoms with van der Waals surface area (Å²) in [6.45, 7) is 7.15. The third-order valence-electron chi connectivity index (χ3n) is 3.73. The molecule has 4 atom stereocenters. The van der Waals surface area contributed by atoms with E-state index in [1.54, 1.807) is 12.2 Å². The molecule has 1 rings (SSSR count). The minimum Gasteiger partial charge on any atom is -0.377 e. The van der Waals surface area contributed by atoms with E-state index in [0.717, 1.165) is 25.8 Å². The second-order valence-corrected chi connectivity index (χ2v) is 5.65. The summed E-state index contributed by atoms with van der Waals surface area (Å²) in [5, 5.41) is 13.3. The lowest BCUT2D eigenvalue weighted by atomic mass is 10.2. The van der Waals surface area contributed by atoms with Crippen molar-refractivity contribution in [1.82, 2.24) is 10.2 Å². The molecule has 0 heterocycles. The average molecular weight is 284 g/mol. The number of unbranched alkanes of at least 4 members (excludes halogenated alkanes) is 1. The van der Waals surface area contributed by atoms with Gasteiger partial charge in [-0.05, 0) is 32.2 Å². The van der Waals surface area contributed by atoms with E-state index < -0.39 is 12.4 Å². The highest BCUT2D eigenvalue weighted by atomic mass is 19.1. The molecule has 0 aromatic carbocycles. The van der Waals surface area contributed by atoms with Gasteiger partial charge in [-0.3, -0.25) is 4.90 Å². The predicted molar refractivity (Wildman–Crippen MR) is 82.3 cm³/mol. The molecule has 1 saturated carbocycles. The Bertz CT molecular complexity index is 309. The molecule has 4 unspecified atom stereocenters. The Balaban J connectivity index is 2.14. The van der Waals surface area contributed by atoms with Crippen molar-refractivity contribution in [3.63, 3.8) is 0 Å². The maximum Gasteiger partial charge on any atom is 0.122 e. The minimum atomic E-state index is -0.917. The summed E-state index contributed by atoms with van der Waals surface area (Å²) in [4.78, 5) is 1.96. The molecular weight excluding hydrogens is 255 g/mol. The highest BCUT2D eigenvalue weighted by molar-refractivity contribution is 5.08. The summed E-state index contributed by atoms with van der Waals surface area (Å²) >= 11 is 0. The number of allylic oxidation sites excluding steroid dienone is 2. The molecule has 0 aromatic rings. The quantitative estimate of drug-likeness (QED) is 0.452. The molecule has 116 valence electrons. The molecule has 0 aliphatic heterocycles. The van der Waals surface area contributed by atoms with Crippen LogP contribution in [0.1, 0.15) is 32.6 Å². The van der Waals surface area contributed by atoms with Gasteiger partial charge >= 0.3 is 0 Å². The summed E-state index contributed by atoms with van der Waals surface area (Å²) in [6.07, 6.45) is 7.45. The molecule has 3 nitrogen and oxygen atoms in total. The number of nitrogens with zero attached hydrogens (tertiary/aromatic N) is 1. The van der Waals surface area contributed by atoms with Crippen LogP contribution < -0.4 is 5.32 Å². The molecular formula is C16H29FN2O. The van der Waals surface area contributed by atoms with Crippen LogP contribution in [0.15, 0.2) is 24.8 Å². The number of aliphatic hydroxyl groups is 1. The van der Waals surface area contributed by atoms with E-state index in [0.29, 0.717) is 24.9 Å². The molecule has 4 heteroatoms. The Labute approximate surface area is 122 Å². The van der Waals surface area contributed by atoms with Gasteiger partial charge in [-0.2, -0.15) is 0 Å². The molecule has 20 heavy (non-hydrogen) atoms. The zero-order valence-corrected chi connectivity index (χ0v) is 12.8. The van der Waals surface area contributed by atoms with Crippen molar-refractivity contribution >= 4 is 0 Å². The molecule has 1 aliphatic carbocycles. The van der Waals surface area contributed by atoms with Gasteiger partial charge in [0.05, 0.1) is 0 Å². The lowest BCUT2D eigenvalue weighted by Crippen LogP contribution is -2.41. The minimum absolute atomic E-state index is 0.377. The van der Waals surface area contributed by atoms with Gasteiger partial charge < -0.3 is 10.4 Å². The van der Waals surface area contributed by atoms with Crippen LogP contribution in [0.25, 0.3) is 0 Å². The normalized spacial score (nSPS) is 25.1. The van der Waals surface area contributed by atoms with Gasteiger partial charge in [0.15, 0.2) is 0 Å². The van der Waals surface area contributed by atoms with Crippen LogP contribution >= 0.6 is 0 Å². The van der Waals surface area contributed by atoms with Gasteiger partial charge in [0, 0.05) is 19.1 Å². The van der Waals surface area contributed by atoms with Crippen molar-refractivity contribution in [1.29, 1.82) is 0 Å². The first-order chi connectivity index (χ1) is 9.58. The summed E-state index contributed by atoms with van der Waals surface area (Å²) in [6, 6.07) is 0.386. The lowest BCUT2D eigenvalue weighted by Gasteiger charge is -2.23. The van der Waals surface area contributed by atoms with Crippen LogP contribution in [0.3, 0.4) is 0 Å². The summed E-state index contributed by atoms with van der Waals surface area (Å²) in [5.41, 5.74) is 0. The van der Waals surface area contributed by atoms with Crippen molar-refractivity contribution in [3.8, 4) is 0 Å². The van der Waals surface area contributed by atoms with E-state index in [9.17, 15) is 9.50 Å². The maximum atomic E-state index is 13.2. The molecule has 0 amide bonds. The zero-order chi connectivity index (χ0) is 15.0. The molecule has 0 radical (unpaired) electrons. The number of aliphatic hydroxyl groups excluding tert-OH is 1. The van der Waals surface area contributed by atoms with E-state index in [2.05, 4.69) is 18.8 Å². The fraction of sp³-hybridized carbons (Fsp3) is 0.750. The second kappa shape index (κ2) is 9.27. The van der Waals surface area contributed by atoms with Gasteiger partial charge in [0.1, 0.15) is 12.4 Å². The average Bonchev–Trinajstić information content (AvgIpc) is 3.18. The number of hydrogen-bond acceptors (Lipinski definition) is 3. The predicted octanol–water partition coefficient (Wildman–Crippen LogP) is 2.49. The lowest BCUT2D eigenvalue weighted by molar-refractivity contribution is 0.0220. The van der Waals surface area contributed by atoms with Crippen molar-refractivity contribution in [3.05, 3.63) is 24.8 Å². The van der Waals surface area contributed by atoms with Crippen LogP contribution in [0.2, 0.25) is 0 Å². The molecule has 0 spiro atoms. The van der Waals surface area contributed by atoms with Gasteiger partial charge in [-0.1, -0.05) is 31.6 Å². The fourth-order valence-electron chi connectivity index (χ4n) is 2.13. The Morgan fingerprint density at radius 3 is 2.95 bits per heavy atom. The van der Waals surface area contributed by atoms with Gasteiger partial charge in [0.25, 0.3) is 0 Å². The van der Waals surface area contributed by atoms with Crippen molar-refractivity contribution in [2.45, 2.75) is 51.0 Å². The molecule has 0 bridgehead atoms. The van der Waals surface area contributed by atoms with E-state index in [-0.39, 0.29) is 0 Å². The second-order valence-electron chi connectivity index (χ2n) is 5.65. The molecule has 0 saturated heterocycles. The van der Waals surface area contributed by atoms with E-state index in [4.69, 9.17) is 0 Å². The number of alkyl halides is 1. The monoisotopic (exact) mass is 284 g/mol. The summed E-state index contributed by atoms with van der Waals surface area (Å²) in [5.74, 6) is 0.409. The van der Waals surface area contributed by atoms with Gasteiger partial charge in [-0.25, -0.2) is 4.39 Å². The molecule has 1 aliphatic rings. The van der Waals surface area contributed by atoms with Crippen molar-refractivity contribution < 1.29 is 9.50 Å². The Morgan fingerprint density at radius 2 is 2.30 bits per heavy atom. The van der Waals surface area contributed by atoms with Crippen LogP contribution in [0.4, 0.5) is 4.39 Å². The first-order valence-corrected chi connectivity index (χ1v) is 7.63. The summed E-state index contributed by atoms with van der Waals surface area (Å²) in [7, 11) is 1.94. The van der Waals surface area contributed by atoms with E-state index in [1.807, 2.05) is 18.0 Å². The standard InChI is InChI=1S/C16H29FN2O/c1-4-6-10-19(3)16(20)12-18-15-11-13(15)8-9-14(17)7-5-2/h5,8-9,13-16,18,20H,2,4,6-7,10-12H2,1,3H3/b9-8+. The largest absolute Gasteiger partial charge is 0.377 e. The highest BCUT2D eigenvalue weighted by Gasteiger charge is 2.34. The van der Waals surface area contributed by atoms with Crippen molar-refractivity contribution in [2.24, 2.45) is 5.92 Å². The van der Waals surface area contributed by atoms with E-state index in [1.165, 1.54) is 0 Å². The highest BCUT2D eigenvalue weighted by Crippen LogP contribution is 2.31. The number of hydrogen-bond donors (Lipinski definition) is 2. The molecule has 2 N–H and O–H groups in total. The zero-order valence-electron chi connectivity index (χ0n) is 12.8. The third kappa shape index (κ3) is 6.64. The number of nitrogens with one attached hydrogen (secondary N) is 1. The first-order valence-electron chi connectivity index (χ1n) is 7.63. The van der Waals surface area contributed by atoms with Crippen molar-refractivity contribution in [2.75, 3.05) is 20.1 Å². The third-order valence-corrected chi connectivity index (χ3v) is 3.73.